The Morgan fingerprint density at radius 2 is 1.88 bits per heavy atom. The summed E-state index contributed by atoms with van der Waals surface area (Å²) < 4.78 is 5.47. The second-order valence-corrected chi connectivity index (χ2v) is 7.11. The summed E-state index contributed by atoms with van der Waals surface area (Å²) in [5, 5.41) is 9.87. The van der Waals surface area contributed by atoms with Gasteiger partial charge in [-0.25, -0.2) is 0 Å². The number of carbonyl (C=O) groups excluding carboxylic acids is 2. The number of anilines is 5. The summed E-state index contributed by atoms with van der Waals surface area (Å²) in [4.78, 5) is 35.7. The second kappa shape index (κ2) is 9.27. The van der Waals surface area contributed by atoms with Crippen molar-refractivity contribution in [2.24, 2.45) is 5.73 Å². The molecule has 0 aliphatic heterocycles. The summed E-state index contributed by atoms with van der Waals surface area (Å²) in [5.41, 5.74) is 8.21. The highest BCUT2D eigenvalue weighted by Crippen LogP contribution is 2.32. The smallest absolute Gasteiger partial charge is 0.250 e. The minimum Gasteiger partial charge on any atom is -0.494 e. The lowest BCUT2D eigenvalue weighted by Gasteiger charge is -2.14. The number of rotatable bonds is 8. The number of H-pyrrole nitrogens is 1. The Morgan fingerprint density at radius 1 is 1.06 bits per heavy atom. The number of ether oxygens (including phenoxy) is 1. The van der Waals surface area contributed by atoms with Crippen LogP contribution in [0.2, 0.25) is 0 Å². The lowest BCUT2D eigenvalue weighted by molar-refractivity contribution is -0.115. The molecule has 2 aromatic carbocycles. The maximum Gasteiger partial charge on any atom is 0.250 e. The van der Waals surface area contributed by atoms with Gasteiger partial charge in [0.15, 0.2) is 0 Å². The van der Waals surface area contributed by atoms with Crippen molar-refractivity contribution in [3.63, 3.8) is 0 Å². The van der Waals surface area contributed by atoms with Crippen LogP contribution >= 0.6 is 0 Å². The van der Waals surface area contributed by atoms with Crippen molar-refractivity contribution in [2.45, 2.75) is 13.3 Å². The van der Waals surface area contributed by atoms with E-state index in [0.29, 0.717) is 52.2 Å². The predicted octanol–water partition coefficient (Wildman–Crippen LogP) is 3.90. The summed E-state index contributed by atoms with van der Waals surface area (Å²) in [6, 6.07) is 14.0. The first kappa shape index (κ1) is 21.6. The van der Waals surface area contributed by atoms with Crippen LogP contribution in [-0.2, 0) is 4.79 Å². The molecule has 0 bridgehead atoms. The standard InChI is InChI=1S/C23H23N7O3/c1-3-19(31)26-13-8-9-17(18(12-13)33-2)28-23-29-21-15(10-11-25-21)22(30-23)27-16-7-5-4-6-14(16)20(24)32/h4-12H,3H2,1-2H3,(H2,24,32)(H,26,31)(H3,25,27,28,29,30). The average Bonchev–Trinajstić information content (AvgIpc) is 3.29. The first-order valence-electron chi connectivity index (χ1n) is 10.2. The summed E-state index contributed by atoms with van der Waals surface area (Å²) >= 11 is 0. The van der Waals surface area contributed by atoms with Crippen LogP contribution in [-0.4, -0.2) is 33.9 Å². The Balaban J connectivity index is 1.68. The average molecular weight is 445 g/mol. The number of methoxy groups -OCH3 is 1. The van der Waals surface area contributed by atoms with Gasteiger partial charge in [-0.1, -0.05) is 19.1 Å². The molecule has 0 aliphatic rings. The van der Waals surface area contributed by atoms with Gasteiger partial charge in [0.25, 0.3) is 5.91 Å². The number of nitrogens with zero attached hydrogens (tertiary/aromatic N) is 2. The van der Waals surface area contributed by atoms with Gasteiger partial charge in [0, 0.05) is 24.4 Å². The van der Waals surface area contributed by atoms with Gasteiger partial charge in [-0.2, -0.15) is 9.97 Å². The van der Waals surface area contributed by atoms with E-state index in [2.05, 4.69) is 30.9 Å². The Kier molecular flexibility index (Phi) is 6.07. The van der Waals surface area contributed by atoms with Crippen LogP contribution < -0.4 is 26.4 Å². The van der Waals surface area contributed by atoms with E-state index in [1.54, 1.807) is 55.6 Å². The molecular weight excluding hydrogens is 422 g/mol. The zero-order valence-electron chi connectivity index (χ0n) is 18.1. The fourth-order valence-corrected chi connectivity index (χ4v) is 3.27. The van der Waals surface area contributed by atoms with E-state index >= 15 is 0 Å². The Labute approximate surface area is 189 Å². The number of aromatic amines is 1. The molecule has 33 heavy (non-hydrogen) atoms. The van der Waals surface area contributed by atoms with E-state index in [1.807, 2.05) is 6.07 Å². The molecule has 0 radical (unpaired) electrons. The predicted molar refractivity (Wildman–Crippen MR) is 127 cm³/mol. The molecule has 0 spiro atoms. The molecule has 0 unspecified atom stereocenters. The van der Waals surface area contributed by atoms with Crippen molar-refractivity contribution in [1.29, 1.82) is 0 Å². The molecule has 2 heterocycles. The van der Waals surface area contributed by atoms with Gasteiger partial charge < -0.3 is 31.4 Å². The normalized spacial score (nSPS) is 10.6. The number of amides is 2. The van der Waals surface area contributed by atoms with Gasteiger partial charge in [0.1, 0.15) is 17.2 Å². The fraction of sp³-hybridized carbons (Fsp3) is 0.130. The third kappa shape index (κ3) is 4.69. The zero-order valence-corrected chi connectivity index (χ0v) is 18.1. The fourth-order valence-electron chi connectivity index (χ4n) is 3.27. The van der Waals surface area contributed by atoms with Crippen LogP contribution in [0.5, 0.6) is 5.75 Å². The molecule has 0 saturated carbocycles. The number of hydrogen-bond donors (Lipinski definition) is 5. The summed E-state index contributed by atoms with van der Waals surface area (Å²) in [5.74, 6) is 0.657. The molecular formula is C23H23N7O3. The van der Waals surface area contributed by atoms with Crippen LogP contribution in [0.4, 0.5) is 28.8 Å². The molecule has 6 N–H and O–H groups in total. The van der Waals surface area contributed by atoms with Crippen molar-refractivity contribution < 1.29 is 14.3 Å². The number of primary amides is 1. The SMILES string of the molecule is CCC(=O)Nc1ccc(Nc2nc(Nc3ccccc3C(N)=O)c3cc[nH]c3n2)c(OC)c1. The van der Waals surface area contributed by atoms with Crippen LogP contribution in [0, 0.1) is 0 Å². The van der Waals surface area contributed by atoms with Gasteiger partial charge in [-0.15, -0.1) is 0 Å². The molecule has 2 aromatic heterocycles. The summed E-state index contributed by atoms with van der Waals surface area (Å²) in [7, 11) is 1.54. The lowest BCUT2D eigenvalue weighted by Crippen LogP contribution is -2.13. The summed E-state index contributed by atoms with van der Waals surface area (Å²) in [6.45, 7) is 1.78. The minimum absolute atomic E-state index is 0.0924. The van der Waals surface area contributed by atoms with E-state index in [1.165, 1.54) is 7.11 Å². The number of nitrogens with one attached hydrogen (secondary N) is 4. The number of para-hydroxylation sites is 1. The third-order valence-electron chi connectivity index (χ3n) is 4.91. The first-order valence-corrected chi connectivity index (χ1v) is 10.2. The van der Waals surface area contributed by atoms with E-state index < -0.39 is 5.91 Å². The van der Waals surface area contributed by atoms with Crippen molar-refractivity contribution in [3.8, 4) is 5.75 Å². The van der Waals surface area contributed by atoms with E-state index in [0.717, 1.165) is 5.39 Å². The highest BCUT2D eigenvalue weighted by Gasteiger charge is 2.14. The molecule has 4 rings (SSSR count). The monoisotopic (exact) mass is 445 g/mol. The van der Waals surface area contributed by atoms with Crippen molar-refractivity contribution in [2.75, 3.05) is 23.1 Å². The molecule has 0 saturated heterocycles. The van der Waals surface area contributed by atoms with Crippen LogP contribution in [0.1, 0.15) is 23.7 Å². The third-order valence-corrected chi connectivity index (χ3v) is 4.91. The van der Waals surface area contributed by atoms with E-state index in [-0.39, 0.29) is 5.91 Å². The van der Waals surface area contributed by atoms with Crippen LogP contribution in [0.3, 0.4) is 0 Å². The highest BCUT2D eigenvalue weighted by atomic mass is 16.5. The maximum atomic E-state index is 11.8. The Hall–Kier alpha value is -4.60. The second-order valence-electron chi connectivity index (χ2n) is 7.11. The molecule has 2 amide bonds. The number of fused-ring (bicyclic) bond motifs is 1. The van der Waals surface area contributed by atoms with Gasteiger partial charge in [-0.3, -0.25) is 9.59 Å². The largest absolute Gasteiger partial charge is 0.494 e. The Bertz CT molecular complexity index is 1330. The number of benzene rings is 2. The topological polar surface area (TPSA) is 147 Å². The molecule has 0 fully saturated rings. The molecule has 4 aromatic rings. The lowest BCUT2D eigenvalue weighted by atomic mass is 10.1. The molecule has 10 heteroatoms. The van der Waals surface area contributed by atoms with Gasteiger partial charge in [-0.05, 0) is 30.3 Å². The van der Waals surface area contributed by atoms with Crippen molar-refractivity contribution in [1.82, 2.24) is 15.0 Å². The zero-order chi connectivity index (χ0) is 23.4. The van der Waals surface area contributed by atoms with Gasteiger partial charge in [0.2, 0.25) is 11.9 Å². The maximum absolute atomic E-state index is 11.8. The minimum atomic E-state index is -0.546. The first-order chi connectivity index (χ1) is 16.0. The van der Waals surface area contributed by atoms with Gasteiger partial charge >= 0.3 is 0 Å². The molecule has 10 nitrogen and oxygen atoms in total. The number of aromatic nitrogens is 3. The van der Waals surface area contributed by atoms with E-state index in [4.69, 9.17) is 10.5 Å². The summed E-state index contributed by atoms with van der Waals surface area (Å²) in [6.07, 6.45) is 2.13. The van der Waals surface area contributed by atoms with Crippen LogP contribution in [0.15, 0.2) is 54.7 Å². The highest BCUT2D eigenvalue weighted by molar-refractivity contribution is 6.00. The van der Waals surface area contributed by atoms with Crippen molar-refractivity contribution >= 4 is 51.7 Å². The van der Waals surface area contributed by atoms with E-state index in [9.17, 15) is 9.59 Å². The number of nitrogens with two attached hydrogens (primary N) is 1. The number of hydrogen-bond acceptors (Lipinski definition) is 7. The molecule has 0 atom stereocenters. The van der Waals surface area contributed by atoms with Crippen molar-refractivity contribution in [3.05, 3.63) is 60.3 Å². The molecule has 168 valence electrons. The van der Waals surface area contributed by atoms with Crippen LogP contribution in [0.25, 0.3) is 11.0 Å². The van der Waals surface area contributed by atoms with Gasteiger partial charge in [0.05, 0.1) is 29.4 Å². The quantitative estimate of drug-likeness (QED) is 0.276. The Morgan fingerprint density at radius 3 is 2.64 bits per heavy atom. The molecule has 0 aliphatic carbocycles. The number of carbonyl (C=O) groups is 2.